The minimum atomic E-state index is -0.0725. The average Bonchev–Trinajstić information content (AvgIpc) is 3.21. The number of likely N-dealkylation sites (N-methyl/N-ethyl adjacent to an activating group) is 1. The van der Waals surface area contributed by atoms with Gasteiger partial charge in [-0.3, -0.25) is 4.79 Å². The minimum absolute atomic E-state index is 0.0725. The number of hydrogen-bond donors (Lipinski definition) is 2. The zero-order valence-electron chi connectivity index (χ0n) is 12.0. The highest BCUT2D eigenvalue weighted by atomic mass is 16.3. The van der Waals surface area contributed by atoms with E-state index in [4.69, 9.17) is 0 Å². The Hall–Kier alpha value is -0.610. The van der Waals surface area contributed by atoms with Crippen molar-refractivity contribution < 1.29 is 9.90 Å². The fourth-order valence-electron chi connectivity index (χ4n) is 2.34. The fraction of sp³-hybridized carbons (Fsp3) is 0.929. The standard InChI is InChI=1S/C14H28N2O2/c1-4-14(5-2,11-17)10-15-9-13(18)16(6-3)12-7-8-12/h12,15,17H,4-11H2,1-3H3. The minimum Gasteiger partial charge on any atom is -0.396 e. The van der Waals surface area contributed by atoms with E-state index in [9.17, 15) is 9.90 Å². The van der Waals surface area contributed by atoms with Crippen molar-refractivity contribution in [3.8, 4) is 0 Å². The monoisotopic (exact) mass is 256 g/mol. The van der Waals surface area contributed by atoms with Gasteiger partial charge in [0.15, 0.2) is 0 Å². The molecule has 0 aromatic carbocycles. The summed E-state index contributed by atoms with van der Waals surface area (Å²) in [5.41, 5.74) is -0.0725. The molecule has 1 aliphatic carbocycles. The Balaban J connectivity index is 2.33. The predicted octanol–water partition coefficient (Wildman–Crippen LogP) is 1.39. The van der Waals surface area contributed by atoms with Gasteiger partial charge >= 0.3 is 0 Å². The summed E-state index contributed by atoms with van der Waals surface area (Å²) in [5.74, 6) is 0.194. The first-order chi connectivity index (χ1) is 8.62. The molecule has 0 bridgehead atoms. The molecule has 0 atom stereocenters. The van der Waals surface area contributed by atoms with E-state index in [2.05, 4.69) is 19.2 Å². The molecule has 4 heteroatoms. The predicted molar refractivity (Wildman–Crippen MR) is 73.4 cm³/mol. The fourth-order valence-corrected chi connectivity index (χ4v) is 2.34. The molecule has 18 heavy (non-hydrogen) atoms. The highest BCUT2D eigenvalue weighted by Gasteiger charge is 2.31. The van der Waals surface area contributed by atoms with Gasteiger partial charge in [-0.25, -0.2) is 0 Å². The van der Waals surface area contributed by atoms with Crippen molar-refractivity contribution in [2.24, 2.45) is 5.41 Å². The molecule has 1 saturated carbocycles. The van der Waals surface area contributed by atoms with Gasteiger partial charge in [0.2, 0.25) is 5.91 Å². The molecule has 0 spiro atoms. The van der Waals surface area contributed by atoms with Gasteiger partial charge in [-0.2, -0.15) is 0 Å². The lowest BCUT2D eigenvalue weighted by Gasteiger charge is -2.30. The third-order valence-electron chi connectivity index (χ3n) is 4.26. The smallest absolute Gasteiger partial charge is 0.236 e. The van der Waals surface area contributed by atoms with Gasteiger partial charge in [0.25, 0.3) is 0 Å². The number of aliphatic hydroxyl groups is 1. The van der Waals surface area contributed by atoms with Gasteiger partial charge in [-0.05, 0) is 32.6 Å². The van der Waals surface area contributed by atoms with Crippen molar-refractivity contribution in [2.75, 3.05) is 26.2 Å². The lowest BCUT2D eigenvalue weighted by Crippen LogP contribution is -2.43. The zero-order chi connectivity index (χ0) is 13.6. The SMILES string of the molecule is CCN(C(=O)CNCC(CC)(CC)CO)C1CC1. The number of rotatable bonds is 9. The van der Waals surface area contributed by atoms with Crippen LogP contribution in [0.4, 0.5) is 0 Å². The first-order valence-corrected chi connectivity index (χ1v) is 7.23. The second-order valence-corrected chi connectivity index (χ2v) is 5.38. The Bertz CT molecular complexity index is 252. The second-order valence-electron chi connectivity index (χ2n) is 5.38. The van der Waals surface area contributed by atoms with Crippen LogP contribution in [0.1, 0.15) is 46.5 Å². The third-order valence-corrected chi connectivity index (χ3v) is 4.26. The number of aliphatic hydroxyl groups excluding tert-OH is 1. The van der Waals surface area contributed by atoms with E-state index >= 15 is 0 Å². The van der Waals surface area contributed by atoms with E-state index in [1.54, 1.807) is 0 Å². The van der Waals surface area contributed by atoms with Crippen LogP contribution < -0.4 is 5.32 Å². The first-order valence-electron chi connectivity index (χ1n) is 7.23. The molecular weight excluding hydrogens is 228 g/mol. The number of carbonyl (C=O) groups excluding carboxylic acids is 1. The summed E-state index contributed by atoms with van der Waals surface area (Å²) in [6, 6.07) is 0.490. The van der Waals surface area contributed by atoms with Crippen LogP contribution in [0.25, 0.3) is 0 Å². The van der Waals surface area contributed by atoms with Crippen molar-refractivity contribution in [1.82, 2.24) is 10.2 Å². The molecule has 1 amide bonds. The van der Waals surface area contributed by atoms with Crippen LogP contribution in [0.2, 0.25) is 0 Å². The van der Waals surface area contributed by atoms with Crippen molar-refractivity contribution in [3.05, 3.63) is 0 Å². The maximum atomic E-state index is 12.0. The van der Waals surface area contributed by atoms with Crippen LogP contribution in [0.15, 0.2) is 0 Å². The van der Waals surface area contributed by atoms with E-state index in [0.29, 0.717) is 19.1 Å². The van der Waals surface area contributed by atoms with E-state index in [0.717, 1.165) is 32.2 Å². The van der Waals surface area contributed by atoms with Gasteiger partial charge < -0.3 is 15.3 Å². The Morgan fingerprint density at radius 2 is 1.94 bits per heavy atom. The zero-order valence-corrected chi connectivity index (χ0v) is 12.0. The van der Waals surface area contributed by atoms with Crippen molar-refractivity contribution in [1.29, 1.82) is 0 Å². The Morgan fingerprint density at radius 3 is 2.33 bits per heavy atom. The van der Waals surface area contributed by atoms with Crippen LogP contribution in [0.5, 0.6) is 0 Å². The molecule has 0 heterocycles. The summed E-state index contributed by atoms with van der Waals surface area (Å²) < 4.78 is 0. The number of hydrogen-bond acceptors (Lipinski definition) is 3. The molecule has 106 valence electrons. The molecule has 1 fully saturated rings. The van der Waals surface area contributed by atoms with Crippen molar-refractivity contribution in [3.63, 3.8) is 0 Å². The topological polar surface area (TPSA) is 52.6 Å². The average molecular weight is 256 g/mol. The quantitative estimate of drug-likeness (QED) is 0.655. The highest BCUT2D eigenvalue weighted by Crippen LogP contribution is 2.27. The van der Waals surface area contributed by atoms with Gasteiger partial charge in [-0.15, -0.1) is 0 Å². The number of nitrogens with one attached hydrogen (secondary N) is 1. The van der Waals surface area contributed by atoms with Gasteiger partial charge in [0.1, 0.15) is 0 Å². The molecule has 0 saturated heterocycles. The molecule has 0 aliphatic heterocycles. The molecule has 1 aliphatic rings. The molecule has 0 aromatic heterocycles. The summed E-state index contributed by atoms with van der Waals surface area (Å²) >= 11 is 0. The number of amides is 1. The van der Waals surface area contributed by atoms with Crippen LogP contribution in [0.3, 0.4) is 0 Å². The maximum Gasteiger partial charge on any atom is 0.236 e. The summed E-state index contributed by atoms with van der Waals surface area (Å²) in [5, 5.41) is 12.7. The molecule has 0 aromatic rings. The number of carbonyl (C=O) groups is 1. The van der Waals surface area contributed by atoms with E-state index in [1.165, 1.54) is 0 Å². The van der Waals surface area contributed by atoms with Crippen LogP contribution in [0, 0.1) is 5.41 Å². The molecule has 4 nitrogen and oxygen atoms in total. The van der Waals surface area contributed by atoms with Crippen LogP contribution >= 0.6 is 0 Å². The Labute approximate surface area is 111 Å². The van der Waals surface area contributed by atoms with Crippen molar-refractivity contribution in [2.45, 2.75) is 52.5 Å². The van der Waals surface area contributed by atoms with Gasteiger partial charge in [0.05, 0.1) is 6.54 Å². The normalized spacial score (nSPS) is 15.8. The highest BCUT2D eigenvalue weighted by molar-refractivity contribution is 5.78. The lowest BCUT2D eigenvalue weighted by atomic mass is 9.83. The van der Waals surface area contributed by atoms with E-state index < -0.39 is 0 Å². The van der Waals surface area contributed by atoms with E-state index in [-0.39, 0.29) is 17.9 Å². The summed E-state index contributed by atoms with van der Waals surface area (Å²) in [4.78, 5) is 14.0. The molecule has 0 radical (unpaired) electrons. The summed E-state index contributed by atoms with van der Waals surface area (Å²) in [7, 11) is 0. The third kappa shape index (κ3) is 3.95. The summed E-state index contributed by atoms with van der Waals surface area (Å²) in [6.45, 7) is 8.31. The summed E-state index contributed by atoms with van der Waals surface area (Å²) in [6.07, 6.45) is 4.18. The number of nitrogens with zero attached hydrogens (tertiary/aromatic N) is 1. The van der Waals surface area contributed by atoms with Crippen LogP contribution in [-0.4, -0.2) is 48.2 Å². The van der Waals surface area contributed by atoms with Crippen molar-refractivity contribution >= 4 is 5.91 Å². The van der Waals surface area contributed by atoms with E-state index in [1.807, 2.05) is 11.8 Å². The first kappa shape index (κ1) is 15.4. The second kappa shape index (κ2) is 7.10. The molecule has 0 unspecified atom stereocenters. The van der Waals surface area contributed by atoms with Crippen LogP contribution in [-0.2, 0) is 4.79 Å². The Kier molecular flexibility index (Phi) is 6.09. The largest absolute Gasteiger partial charge is 0.396 e. The molecular formula is C14H28N2O2. The lowest BCUT2D eigenvalue weighted by molar-refractivity contribution is -0.130. The maximum absolute atomic E-state index is 12.0. The molecule has 1 rings (SSSR count). The van der Waals surface area contributed by atoms with Gasteiger partial charge in [-0.1, -0.05) is 13.8 Å². The molecule has 2 N–H and O–H groups in total. The Morgan fingerprint density at radius 1 is 1.33 bits per heavy atom. The van der Waals surface area contributed by atoms with Gasteiger partial charge in [0, 0.05) is 31.2 Å².